The fraction of sp³-hybridized carbons (Fsp3) is 0.500. The average Bonchev–Trinajstić information content (AvgIpc) is 2.27. The Balaban J connectivity index is 3.09. The van der Waals surface area contributed by atoms with Gasteiger partial charge in [0, 0.05) is 5.41 Å². The van der Waals surface area contributed by atoms with Gasteiger partial charge >= 0.3 is 7.52 Å². The van der Waals surface area contributed by atoms with Crippen LogP contribution in [0.15, 0.2) is 30.3 Å². The largest absolute Gasteiger partial charge is 0.326 e. The highest BCUT2D eigenvalue weighted by atomic mass is 31.2. The lowest BCUT2D eigenvalue weighted by Gasteiger charge is -2.26. The van der Waals surface area contributed by atoms with Crippen LogP contribution in [0.2, 0.25) is 0 Å². The molecule has 0 spiro atoms. The molecule has 0 aliphatic carbocycles. The second-order valence-corrected chi connectivity index (χ2v) is 7.79. The van der Waals surface area contributed by atoms with Crippen molar-refractivity contribution in [3.05, 3.63) is 30.3 Å². The first-order chi connectivity index (χ1) is 8.65. The lowest BCUT2D eigenvalue weighted by molar-refractivity contribution is -0.126. The maximum absolute atomic E-state index is 12.9. The Kier molecular flexibility index (Phi) is 4.94. The van der Waals surface area contributed by atoms with Crippen LogP contribution in [0.3, 0.4) is 0 Å². The van der Waals surface area contributed by atoms with Crippen molar-refractivity contribution in [2.24, 2.45) is 5.41 Å². The first kappa shape index (κ1) is 15.9. The number of amides is 1. The van der Waals surface area contributed by atoms with Crippen LogP contribution in [0.25, 0.3) is 0 Å². The molecule has 4 nitrogen and oxygen atoms in total. The van der Waals surface area contributed by atoms with Gasteiger partial charge in [0.2, 0.25) is 5.91 Å². The summed E-state index contributed by atoms with van der Waals surface area (Å²) in [5.41, 5.74) is -0.620. The van der Waals surface area contributed by atoms with Gasteiger partial charge < -0.3 is 4.52 Å². The molecule has 1 aromatic rings. The van der Waals surface area contributed by atoms with Crippen LogP contribution in [-0.4, -0.2) is 12.0 Å². The minimum atomic E-state index is -3.38. The van der Waals surface area contributed by atoms with Crippen LogP contribution < -0.4 is 10.4 Å². The summed E-state index contributed by atoms with van der Waals surface area (Å²) in [5.74, 6) is -0.291. The molecule has 5 heteroatoms. The fourth-order valence-corrected chi connectivity index (χ4v) is 3.44. The summed E-state index contributed by atoms with van der Waals surface area (Å²) in [6, 6.07) is 8.77. The van der Waals surface area contributed by atoms with Crippen molar-refractivity contribution in [2.75, 3.05) is 0 Å². The van der Waals surface area contributed by atoms with E-state index in [0.717, 1.165) is 0 Å². The number of hydrogen-bond donors (Lipinski definition) is 1. The summed E-state index contributed by atoms with van der Waals surface area (Å²) in [6.45, 7) is 8.89. The molecule has 0 saturated heterocycles. The summed E-state index contributed by atoms with van der Waals surface area (Å²) in [7, 11) is -3.38. The van der Waals surface area contributed by atoms with E-state index in [2.05, 4.69) is 5.09 Å². The molecule has 0 radical (unpaired) electrons. The Labute approximate surface area is 115 Å². The van der Waals surface area contributed by atoms with Gasteiger partial charge in [-0.15, -0.1) is 0 Å². The van der Waals surface area contributed by atoms with E-state index in [0.29, 0.717) is 5.30 Å². The Hall–Kier alpha value is -1.12. The SMILES string of the molecule is CC(C)OP(=O)(NC(=O)C(C)(C)C)c1ccccc1. The maximum atomic E-state index is 12.9. The molecule has 19 heavy (non-hydrogen) atoms. The van der Waals surface area contributed by atoms with Gasteiger partial charge in [-0.3, -0.25) is 14.4 Å². The molecule has 0 aliphatic heterocycles. The van der Waals surface area contributed by atoms with E-state index in [1.165, 1.54) is 0 Å². The fourth-order valence-electron chi connectivity index (χ4n) is 1.37. The van der Waals surface area contributed by atoms with Crippen molar-refractivity contribution >= 4 is 18.7 Å². The molecule has 0 fully saturated rings. The molecule has 1 aromatic carbocycles. The van der Waals surface area contributed by atoms with E-state index in [4.69, 9.17) is 4.52 Å². The lowest BCUT2D eigenvalue weighted by Crippen LogP contribution is -2.36. The topological polar surface area (TPSA) is 55.4 Å². The highest BCUT2D eigenvalue weighted by Gasteiger charge is 2.33. The summed E-state index contributed by atoms with van der Waals surface area (Å²) >= 11 is 0. The Morgan fingerprint density at radius 2 is 1.74 bits per heavy atom. The van der Waals surface area contributed by atoms with E-state index in [1.54, 1.807) is 58.9 Å². The minimum Gasteiger partial charge on any atom is -0.307 e. The molecular weight excluding hydrogens is 261 g/mol. The molecule has 1 amide bonds. The van der Waals surface area contributed by atoms with Gasteiger partial charge in [-0.25, -0.2) is 0 Å². The summed E-state index contributed by atoms with van der Waals surface area (Å²) in [4.78, 5) is 12.1. The number of rotatable bonds is 4. The zero-order chi connectivity index (χ0) is 14.7. The summed E-state index contributed by atoms with van der Waals surface area (Å²) in [5, 5.41) is 3.08. The first-order valence-electron chi connectivity index (χ1n) is 6.32. The molecule has 1 rings (SSSR count). The first-order valence-corrected chi connectivity index (χ1v) is 7.94. The van der Waals surface area contributed by atoms with Gasteiger partial charge in [0.15, 0.2) is 0 Å². The third-order valence-electron chi connectivity index (χ3n) is 2.39. The summed E-state index contributed by atoms with van der Waals surface area (Å²) in [6.07, 6.45) is -0.244. The van der Waals surface area contributed by atoms with E-state index < -0.39 is 12.9 Å². The molecule has 1 unspecified atom stereocenters. The van der Waals surface area contributed by atoms with Crippen molar-refractivity contribution in [1.82, 2.24) is 5.09 Å². The van der Waals surface area contributed by atoms with Gasteiger partial charge in [0.25, 0.3) is 0 Å². The highest BCUT2D eigenvalue weighted by molar-refractivity contribution is 7.65. The van der Waals surface area contributed by atoms with Crippen LogP contribution >= 0.6 is 7.52 Å². The van der Waals surface area contributed by atoms with Crippen molar-refractivity contribution in [2.45, 2.75) is 40.7 Å². The predicted octanol–water partition coefficient (Wildman–Crippen LogP) is 3.09. The Morgan fingerprint density at radius 3 is 2.16 bits per heavy atom. The third-order valence-corrected chi connectivity index (χ3v) is 4.58. The van der Waals surface area contributed by atoms with Gasteiger partial charge in [-0.1, -0.05) is 39.0 Å². The average molecular weight is 283 g/mol. The van der Waals surface area contributed by atoms with Crippen LogP contribution in [0, 0.1) is 5.41 Å². The third kappa shape index (κ3) is 4.48. The second-order valence-electron chi connectivity index (χ2n) is 5.73. The van der Waals surface area contributed by atoms with Gasteiger partial charge in [0.1, 0.15) is 0 Å². The molecule has 1 N–H and O–H groups in total. The quantitative estimate of drug-likeness (QED) is 0.864. The molecular formula is C14H22NO3P. The monoisotopic (exact) mass is 283 g/mol. The van der Waals surface area contributed by atoms with E-state index in [-0.39, 0.29) is 12.0 Å². The Morgan fingerprint density at radius 1 is 1.21 bits per heavy atom. The van der Waals surface area contributed by atoms with Crippen molar-refractivity contribution in [1.29, 1.82) is 0 Å². The maximum Gasteiger partial charge on any atom is 0.326 e. The smallest absolute Gasteiger partial charge is 0.307 e. The number of nitrogens with one attached hydrogen (secondary N) is 1. The van der Waals surface area contributed by atoms with E-state index in [9.17, 15) is 9.36 Å². The molecule has 0 bridgehead atoms. The highest BCUT2D eigenvalue weighted by Crippen LogP contribution is 2.43. The van der Waals surface area contributed by atoms with E-state index in [1.807, 2.05) is 6.07 Å². The standard InChI is InChI=1S/C14H22NO3P/c1-11(2)18-19(17,12-9-7-6-8-10-12)15-13(16)14(3,4)5/h6-11H,1-5H3,(H,15,16,17). The van der Waals surface area contributed by atoms with E-state index >= 15 is 0 Å². The zero-order valence-electron chi connectivity index (χ0n) is 12.1. The molecule has 106 valence electrons. The van der Waals surface area contributed by atoms with Crippen LogP contribution in [-0.2, 0) is 13.9 Å². The van der Waals surface area contributed by atoms with Crippen LogP contribution in [0.1, 0.15) is 34.6 Å². The number of hydrogen-bond acceptors (Lipinski definition) is 3. The zero-order valence-corrected chi connectivity index (χ0v) is 13.0. The van der Waals surface area contributed by atoms with Gasteiger partial charge in [-0.2, -0.15) is 0 Å². The molecule has 1 atom stereocenters. The number of carbonyl (C=O) groups is 1. The number of carbonyl (C=O) groups excluding carboxylic acids is 1. The molecule has 0 heterocycles. The van der Waals surface area contributed by atoms with Gasteiger partial charge in [0.05, 0.1) is 11.4 Å². The predicted molar refractivity (Wildman–Crippen MR) is 77.5 cm³/mol. The Bertz CT molecular complexity index is 477. The molecule has 0 aromatic heterocycles. The van der Waals surface area contributed by atoms with Gasteiger partial charge in [-0.05, 0) is 26.0 Å². The van der Waals surface area contributed by atoms with Crippen LogP contribution in [0.4, 0.5) is 0 Å². The van der Waals surface area contributed by atoms with Crippen molar-refractivity contribution < 1.29 is 13.9 Å². The molecule has 0 saturated carbocycles. The minimum absolute atomic E-state index is 0.244. The second kappa shape index (κ2) is 5.89. The van der Waals surface area contributed by atoms with Crippen molar-refractivity contribution in [3.63, 3.8) is 0 Å². The molecule has 0 aliphatic rings. The van der Waals surface area contributed by atoms with Crippen molar-refractivity contribution in [3.8, 4) is 0 Å². The number of benzene rings is 1. The summed E-state index contributed by atoms with van der Waals surface area (Å²) < 4.78 is 18.4. The normalized spacial score (nSPS) is 15.1. The lowest BCUT2D eigenvalue weighted by atomic mass is 9.96. The van der Waals surface area contributed by atoms with Crippen LogP contribution in [0.5, 0.6) is 0 Å².